The number of nitrogens with two attached hydrogens (primary N) is 1. The monoisotopic (exact) mass is 378 g/mol. The van der Waals surface area contributed by atoms with Crippen molar-refractivity contribution in [2.45, 2.75) is 19.1 Å². The maximum absolute atomic E-state index is 5.93. The first kappa shape index (κ1) is 18.4. The Kier molecular flexibility index (Phi) is 6.64. The van der Waals surface area contributed by atoms with Gasteiger partial charge in [0, 0.05) is 17.4 Å². The molecule has 0 bridgehead atoms. The number of nitrogens with one attached hydrogen (secondary N) is 1. The van der Waals surface area contributed by atoms with Gasteiger partial charge in [-0.1, -0.05) is 6.07 Å². The molecular weight excluding hydrogens is 356 g/mol. The van der Waals surface area contributed by atoms with Gasteiger partial charge in [0.15, 0.2) is 17.8 Å². The van der Waals surface area contributed by atoms with Crippen LogP contribution in [0.3, 0.4) is 0 Å². The van der Waals surface area contributed by atoms with Crippen molar-refractivity contribution < 1.29 is 18.9 Å². The van der Waals surface area contributed by atoms with Crippen LogP contribution >= 0.6 is 11.3 Å². The van der Waals surface area contributed by atoms with E-state index in [-0.39, 0.29) is 6.29 Å². The van der Waals surface area contributed by atoms with E-state index in [0.717, 1.165) is 25.2 Å². The Morgan fingerprint density at radius 3 is 3.00 bits per heavy atom. The molecule has 8 nitrogen and oxygen atoms in total. The third-order valence-corrected chi connectivity index (χ3v) is 4.38. The standard InChI is InChI=1S/C17H22N4O4S/c1-22-13-5-2-4-12(10-19-21-17-20-14(18)11-26-17)16(13)25-9-6-15-23-7-3-8-24-15/h2,4-5,10-11,15H,3,6-9,18H2,1H3,(H,20,21). The largest absolute Gasteiger partial charge is 0.493 e. The summed E-state index contributed by atoms with van der Waals surface area (Å²) in [6.45, 7) is 1.90. The molecule has 1 aliphatic heterocycles. The molecule has 0 aliphatic carbocycles. The van der Waals surface area contributed by atoms with Crippen molar-refractivity contribution in [1.82, 2.24) is 4.98 Å². The number of thiazole rings is 1. The number of aromatic nitrogens is 1. The lowest BCUT2D eigenvalue weighted by Gasteiger charge is -2.23. The van der Waals surface area contributed by atoms with Crippen LogP contribution in [0, 0.1) is 0 Å². The van der Waals surface area contributed by atoms with E-state index in [1.165, 1.54) is 11.3 Å². The number of ether oxygens (including phenoxy) is 4. The molecule has 1 saturated heterocycles. The van der Waals surface area contributed by atoms with Gasteiger partial charge in [0.25, 0.3) is 0 Å². The highest BCUT2D eigenvalue weighted by Crippen LogP contribution is 2.30. The fourth-order valence-corrected chi connectivity index (χ4v) is 2.95. The van der Waals surface area contributed by atoms with Gasteiger partial charge in [0.2, 0.25) is 5.13 Å². The van der Waals surface area contributed by atoms with Gasteiger partial charge in [-0.25, -0.2) is 4.98 Å². The maximum Gasteiger partial charge on any atom is 0.205 e. The zero-order chi connectivity index (χ0) is 18.2. The van der Waals surface area contributed by atoms with Crippen molar-refractivity contribution in [2.24, 2.45) is 5.10 Å². The molecule has 0 spiro atoms. The molecule has 0 radical (unpaired) electrons. The molecule has 0 unspecified atom stereocenters. The molecule has 3 rings (SSSR count). The van der Waals surface area contributed by atoms with Crippen LogP contribution in [0.1, 0.15) is 18.4 Å². The Morgan fingerprint density at radius 2 is 2.27 bits per heavy atom. The first-order chi connectivity index (χ1) is 12.8. The number of rotatable bonds is 8. The number of hydrogen-bond acceptors (Lipinski definition) is 9. The van der Waals surface area contributed by atoms with E-state index in [1.807, 2.05) is 18.2 Å². The summed E-state index contributed by atoms with van der Waals surface area (Å²) >= 11 is 1.38. The van der Waals surface area contributed by atoms with Gasteiger partial charge in [0.05, 0.1) is 33.1 Å². The number of benzene rings is 1. The molecule has 0 amide bonds. The molecule has 3 N–H and O–H groups in total. The zero-order valence-corrected chi connectivity index (χ0v) is 15.3. The Hall–Kier alpha value is -2.36. The fourth-order valence-electron chi connectivity index (χ4n) is 2.40. The summed E-state index contributed by atoms with van der Waals surface area (Å²) in [5.74, 6) is 1.72. The van der Waals surface area contributed by atoms with Crippen LogP contribution in [0.25, 0.3) is 0 Å². The van der Waals surface area contributed by atoms with Gasteiger partial charge in [-0.3, -0.25) is 5.43 Å². The second kappa shape index (κ2) is 9.37. The predicted octanol–water partition coefficient (Wildman–Crippen LogP) is 2.71. The average Bonchev–Trinajstić information content (AvgIpc) is 3.08. The molecule has 1 aromatic carbocycles. The first-order valence-corrected chi connectivity index (χ1v) is 9.17. The SMILES string of the molecule is COc1cccc(C=NNc2nc(N)cs2)c1OCCC1OCCCO1. The lowest BCUT2D eigenvalue weighted by atomic mass is 10.2. The Morgan fingerprint density at radius 1 is 1.42 bits per heavy atom. The summed E-state index contributed by atoms with van der Waals surface area (Å²) in [4.78, 5) is 4.09. The first-order valence-electron chi connectivity index (χ1n) is 8.29. The second-order valence-corrected chi connectivity index (χ2v) is 6.35. The summed E-state index contributed by atoms with van der Waals surface area (Å²) in [5.41, 5.74) is 9.22. The number of hydrazone groups is 1. The third-order valence-electron chi connectivity index (χ3n) is 3.61. The minimum absolute atomic E-state index is 0.215. The normalized spacial score (nSPS) is 15.3. The van der Waals surface area contributed by atoms with E-state index in [4.69, 9.17) is 24.7 Å². The quantitative estimate of drug-likeness (QED) is 0.538. The van der Waals surface area contributed by atoms with Gasteiger partial charge in [0.1, 0.15) is 5.82 Å². The molecule has 1 fully saturated rings. The Balaban J connectivity index is 1.62. The molecule has 26 heavy (non-hydrogen) atoms. The van der Waals surface area contributed by atoms with Crippen molar-refractivity contribution in [3.8, 4) is 11.5 Å². The number of para-hydroxylation sites is 1. The van der Waals surface area contributed by atoms with Crippen molar-refractivity contribution >= 4 is 28.5 Å². The summed E-state index contributed by atoms with van der Waals surface area (Å²) in [6.07, 6.45) is 3.02. The number of nitrogen functional groups attached to an aromatic ring is 1. The van der Waals surface area contributed by atoms with Gasteiger partial charge >= 0.3 is 0 Å². The third kappa shape index (κ3) is 5.07. The Labute approximate surface area is 155 Å². The molecule has 1 aromatic heterocycles. The smallest absolute Gasteiger partial charge is 0.205 e. The molecule has 2 heterocycles. The highest BCUT2D eigenvalue weighted by atomic mass is 32.1. The van der Waals surface area contributed by atoms with E-state index in [0.29, 0.717) is 35.5 Å². The number of anilines is 2. The molecule has 2 aromatic rings. The fraction of sp³-hybridized carbons (Fsp3) is 0.412. The highest BCUT2D eigenvalue weighted by molar-refractivity contribution is 7.14. The maximum atomic E-state index is 5.93. The molecular formula is C17H22N4O4S. The van der Waals surface area contributed by atoms with Gasteiger partial charge in [-0.05, 0) is 18.6 Å². The van der Waals surface area contributed by atoms with Crippen LogP contribution in [-0.2, 0) is 9.47 Å². The minimum atomic E-state index is -0.215. The summed E-state index contributed by atoms with van der Waals surface area (Å²) < 4.78 is 22.4. The van der Waals surface area contributed by atoms with Crippen LogP contribution in [0.4, 0.5) is 10.9 Å². The average molecular weight is 378 g/mol. The van der Waals surface area contributed by atoms with Crippen LogP contribution in [-0.4, -0.2) is 44.4 Å². The van der Waals surface area contributed by atoms with Gasteiger partial charge < -0.3 is 24.7 Å². The number of methoxy groups -OCH3 is 1. The van der Waals surface area contributed by atoms with E-state index in [2.05, 4.69) is 15.5 Å². The highest BCUT2D eigenvalue weighted by Gasteiger charge is 2.15. The van der Waals surface area contributed by atoms with Crippen LogP contribution in [0.2, 0.25) is 0 Å². The van der Waals surface area contributed by atoms with E-state index >= 15 is 0 Å². The summed E-state index contributed by atoms with van der Waals surface area (Å²) in [6, 6.07) is 5.61. The van der Waals surface area contributed by atoms with Crippen LogP contribution in [0.5, 0.6) is 11.5 Å². The lowest BCUT2D eigenvalue weighted by Crippen LogP contribution is -2.26. The van der Waals surface area contributed by atoms with Crippen molar-refractivity contribution in [1.29, 1.82) is 0 Å². The Bertz CT molecular complexity index is 731. The summed E-state index contributed by atoms with van der Waals surface area (Å²) in [7, 11) is 1.60. The van der Waals surface area contributed by atoms with E-state index < -0.39 is 0 Å². The van der Waals surface area contributed by atoms with E-state index in [1.54, 1.807) is 18.7 Å². The van der Waals surface area contributed by atoms with Crippen LogP contribution < -0.4 is 20.6 Å². The lowest BCUT2D eigenvalue weighted by molar-refractivity contribution is -0.183. The van der Waals surface area contributed by atoms with E-state index in [9.17, 15) is 0 Å². The summed E-state index contributed by atoms with van der Waals surface area (Å²) in [5, 5.41) is 6.56. The topological polar surface area (TPSA) is 100 Å². The zero-order valence-electron chi connectivity index (χ0n) is 14.5. The number of hydrogen-bond donors (Lipinski definition) is 2. The molecule has 140 valence electrons. The molecule has 0 saturated carbocycles. The minimum Gasteiger partial charge on any atom is -0.493 e. The molecule has 0 atom stereocenters. The van der Waals surface area contributed by atoms with Crippen LogP contribution in [0.15, 0.2) is 28.7 Å². The van der Waals surface area contributed by atoms with Gasteiger partial charge in [-0.15, -0.1) is 11.3 Å². The molecule has 1 aliphatic rings. The van der Waals surface area contributed by atoms with Crippen molar-refractivity contribution in [3.05, 3.63) is 29.1 Å². The molecule has 9 heteroatoms. The van der Waals surface area contributed by atoms with Crippen molar-refractivity contribution in [3.63, 3.8) is 0 Å². The van der Waals surface area contributed by atoms with Gasteiger partial charge in [-0.2, -0.15) is 5.10 Å². The predicted molar refractivity (Wildman–Crippen MR) is 101 cm³/mol. The van der Waals surface area contributed by atoms with Crippen molar-refractivity contribution in [2.75, 3.05) is 38.1 Å². The second-order valence-electron chi connectivity index (χ2n) is 5.49. The number of nitrogens with zero attached hydrogens (tertiary/aromatic N) is 2.